The summed E-state index contributed by atoms with van der Waals surface area (Å²) in [6, 6.07) is 7.40. The van der Waals surface area contributed by atoms with E-state index in [4.69, 9.17) is 9.47 Å². The molecule has 0 spiro atoms. The smallest absolute Gasteiger partial charge is 0.246 e. The molecule has 1 fully saturated rings. The summed E-state index contributed by atoms with van der Waals surface area (Å²) in [6.45, 7) is 5.16. The average Bonchev–Trinajstić information content (AvgIpc) is 3.02. The number of ether oxygens (including phenoxy) is 2. The summed E-state index contributed by atoms with van der Waals surface area (Å²) in [5.74, 6) is 1.15. The van der Waals surface area contributed by atoms with E-state index in [1.807, 2.05) is 38.1 Å². The third-order valence-electron chi connectivity index (χ3n) is 3.83. The Morgan fingerprint density at radius 2 is 2.08 bits per heavy atom. The van der Waals surface area contributed by atoms with E-state index in [0.29, 0.717) is 18.9 Å². The van der Waals surface area contributed by atoms with E-state index in [9.17, 15) is 4.79 Å². The van der Waals surface area contributed by atoms with Gasteiger partial charge in [0.15, 0.2) is 0 Å². The minimum absolute atomic E-state index is 0.0356. The summed E-state index contributed by atoms with van der Waals surface area (Å²) in [7, 11) is 1.60. The molecule has 0 radical (unpaired) electrons. The van der Waals surface area contributed by atoms with E-state index in [1.54, 1.807) is 12.0 Å². The molecule has 8 nitrogen and oxygen atoms in total. The van der Waals surface area contributed by atoms with E-state index < -0.39 is 0 Å². The van der Waals surface area contributed by atoms with Gasteiger partial charge in [-0.1, -0.05) is 12.1 Å². The maximum Gasteiger partial charge on any atom is 0.246 e. The molecule has 1 amide bonds. The van der Waals surface area contributed by atoms with Gasteiger partial charge in [0.25, 0.3) is 0 Å². The molecule has 2 aromatic rings. The predicted molar refractivity (Wildman–Crippen MR) is 86.4 cm³/mol. The van der Waals surface area contributed by atoms with Crippen LogP contribution >= 0.6 is 0 Å². The van der Waals surface area contributed by atoms with E-state index in [1.165, 1.54) is 4.80 Å². The molecule has 2 atom stereocenters. The summed E-state index contributed by atoms with van der Waals surface area (Å²) < 4.78 is 10.8. The van der Waals surface area contributed by atoms with Crippen LogP contribution in [0.15, 0.2) is 24.3 Å². The largest absolute Gasteiger partial charge is 0.497 e. The first-order valence-electron chi connectivity index (χ1n) is 7.90. The number of tetrazole rings is 1. The van der Waals surface area contributed by atoms with Crippen molar-refractivity contribution in [2.24, 2.45) is 0 Å². The molecular weight excluding hydrogens is 310 g/mol. The Bertz CT molecular complexity index is 707. The molecule has 1 aromatic heterocycles. The van der Waals surface area contributed by atoms with Crippen molar-refractivity contribution in [1.29, 1.82) is 0 Å². The standard InChI is InChI=1S/C16H21N5O3/c1-11-8-20(9-12(2)24-11)15(22)10-21-18-16(17-19-21)13-5-4-6-14(7-13)23-3/h4-7,11-12H,8-10H2,1-3H3/t11-,12-/m1/s1. The molecule has 2 heterocycles. The molecule has 8 heteroatoms. The monoisotopic (exact) mass is 331 g/mol. The quantitative estimate of drug-likeness (QED) is 0.831. The molecule has 0 saturated carbocycles. The van der Waals surface area contributed by atoms with Crippen molar-refractivity contribution in [2.75, 3.05) is 20.2 Å². The number of nitrogens with zero attached hydrogens (tertiary/aromatic N) is 5. The summed E-state index contributed by atoms with van der Waals surface area (Å²) in [5, 5.41) is 12.3. The number of benzene rings is 1. The number of hydrogen-bond acceptors (Lipinski definition) is 6. The van der Waals surface area contributed by atoms with Crippen LogP contribution in [0.1, 0.15) is 13.8 Å². The molecule has 0 aliphatic carbocycles. The Morgan fingerprint density at radius 1 is 1.33 bits per heavy atom. The Morgan fingerprint density at radius 3 is 2.79 bits per heavy atom. The van der Waals surface area contributed by atoms with Crippen LogP contribution in [-0.2, 0) is 16.1 Å². The molecule has 3 rings (SSSR count). The molecule has 0 bridgehead atoms. The zero-order chi connectivity index (χ0) is 17.1. The van der Waals surface area contributed by atoms with Crippen LogP contribution < -0.4 is 4.74 Å². The molecule has 24 heavy (non-hydrogen) atoms. The minimum atomic E-state index is -0.0356. The van der Waals surface area contributed by atoms with Gasteiger partial charge in [-0.3, -0.25) is 4.79 Å². The zero-order valence-corrected chi connectivity index (χ0v) is 14.0. The van der Waals surface area contributed by atoms with Gasteiger partial charge in [0.2, 0.25) is 11.7 Å². The number of aromatic nitrogens is 4. The fourth-order valence-electron chi connectivity index (χ4n) is 2.79. The highest BCUT2D eigenvalue weighted by Gasteiger charge is 2.26. The normalized spacial score (nSPS) is 20.9. The van der Waals surface area contributed by atoms with Crippen LogP contribution in [0.4, 0.5) is 0 Å². The van der Waals surface area contributed by atoms with E-state index in [-0.39, 0.29) is 24.7 Å². The van der Waals surface area contributed by atoms with Gasteiger partial charge in [-0.2, -0.15) is 4.80 Å². The topological polar surface area (TPSA) is 82.4 Å². The van der Waals surface area contributed by atoms with Crippen molar-refractivity contribution in [2.45, 2.75) is 32.6 Å². The van der Waals surface area contributed by atoms with Crippen LogP contribution in [0, 0.1) is 0 Å². The van der Waals surface area contributed by atoms with Crippen molar-refractivity contribution in [3.63, 3.8) is 0 Å². The number of carbonyl (C=O) groups excluding carboxylic acids is 1. The highest BCUT2D eigenvalue weighted by atomic mass is 16.5. The van der Waals surface area contributed by atoms with Crippen molar-refractivity contribution in [3.05, 3.63) is 24.3 Å². The Kier molecular flexibility index (Phi) is 4.75. The first kappa shape index (κ1) is 16.4. The fraction of sp³-hybridized carbons (Fsp3) is 0.500. The van der Waals surface area contributed by atoms with Crippen molar-refractivity contribution in [1.82, 2.24) is 25.1 Å². The molecule has 0 N–H and O–H groups in total. The van der Waals surface area contributed by atoms with Crippen LogP contribution in [0.2, 0.25) is 0 Å². The van der Waals surface area contributed by atoms with Crippen LogP contribution in [-0.4, -0.2) is 63.4 Å². The van der Waals surface area contributed by atoms with E-state index in [0.717, 1.165) is 11.3 Å². The molecule has 1 aliphatic rings. The molecule has 0 unspecified atom stereocenters. The lowest BCUT2D eigenvalue weighted by Gasteiger charge is -2.35. The van der Waals surface area contributed by atoms with Gasteiger partial charge in [-0.15, -0.1) is 10.2 Å². The number of amides is 1. The van der Waals surface area contributed by atoms with Gasteiger partial charge in [-0.25, -0.2) is 0 Å². The second kappa shape index (κ2) is 6.96. The predicted octanol–water partition coefficient (Wildman–Crippen LogP) is 0.984. The van der Waals surface area contributed by atoms with Crippen molar-refractivity contribution >= 4 is 5.91 Å². The fourth-order valence-corrected chi connectivity index (χ4v) is 2.79. The Labute approximate surface area is 140 Å². The molecule has 1 saturated heterocycles. The maximum atomic E-state index is 12.4. The second-order valence-corrected chi connectivity index (χ2v) is 5.93. The Balaban J connectivity index is 1.68. The number of methoxy groups -OCH3 is 1. The van der Waals surface area contributed by atoms with Gasteiger partial charge >= 0.3 is 0 Å². The summed E-state index contributed by atoms with van der Waals surface area (Å²) in [4.78, 5) is 15.5. The number of carbonyl (C=O) groups is 1. The van der Waals surface area contributed by atoms with Gasteiger partial charge < -0.3 is 14.4 Å². The first-order valence-corrected chi connectivity index (χ1v) is 7.90. The lowest BCUT2D eigenvalue weighted by Crippen LogP contribution is -2.49. The summed E-state index contributed by atoms with van der Waals surface area (Å²) in [6.07, 6.45) is 0.0718. The van der Waals surface area contributed by atoms with Crippen LogP contribution in [0.25, 0.3) is 11.4 Å². The number of rotatable bonds is 4. The van der Waals surface area contributed by atoms with E-state index in [2.05, 4.69) is 15.4 Å². The minimum Gasteiger partial charge on any atom is -0.497 e. The van der Waals surface area contributed by atoms with Crippen molar-refractivity contribution < 1.29 is 14.3 Å². The highest BCUT2D eigenvalue weighted by molar-refractivity contribution is 5.76. The summed E-state index contributed by atoms with van der Waals surface area (Å²) >= 11 is 0. The van der Waals surface area contributed by atoms with Gasteiger partial charge in [0, 0.05) is 18.7 Å². The van der Waals surface area contributed by atoms with Crippen LogP contribution in [0.5, 0.6) is 5.75 Å². The molecule has 1 aromatic carbocycles. The van der Waals surface area contributed by atoms with Crippen molar-refractivity contribution in [3.8, 4) is 17.1 Å². The number of hydrogen-bond donors (Lipinski definition) is 0. The molecule has 128 valence electrons. The lowest BCUT2D eigenvalue weighted by molar-refractivity contribution is -0.144. The SMILES string of the molecule is COc1cccc(-c2nnn(CC(=O)N3C[C@@H](C)O[C@H](C)C3)n2)c1. The average molecular weight is 331 g/mol. The number of morpholine rings is 1. The Hall–Kier alpha value is -2.48. The van der Waals surface area contributed by atoms with Gasteiger partial charge in [0.05, 0.1) is 19.3 Å². The third-order valence-corrected chi connectivity index (χ3v) is 3.83. The molecule has 1 aliphatic heterocycles. The first-order chi connectivity index (χ1) is 11.5. The lowest BCUT2D eigenvalue weighted by atomic mass is 10.2. The zero-order valence-electron chi connectivity index (χ0n) is 14.0. The second-order valence-electron chi connectivity index (χ2n) is 5.93. The highest BCUT2D eigenvalue weighted by Crippen LogP contribution is 2.19. The van der Waals surface area contributed by atoms with Gasteiger partial charge in [0.1, 0.15) is 12.3 Å². The molecular formula is C16H21N5O3. The van der Waals surface area contributed by atoms with Gasteiger partial charge in [-0.05, 0) is 31.2 Å². The summed E-state index contributed by atoms with van der Waals surface area (Å²) in [5.41, 5.74) is 0.793. The van der Waals surface area contributed by atoms with Crippen LogP contribution in [0.3, 0.4) is 0 Å². The van der Waals surface area contributed by atoms with E-state index >= 15 is 0 Å². The third kappa shape index (κ3) is 3.70. The maximum absolute atomic E-state index is 12.4.